The van der Waals surface area contributed by atoms with Crippen LogP contribution >= 0.6 is 0 Å². The lowest BCUT2D eigenvalue weighted by molar-refractivity contribution is -0.161. The minimum atomic E-state index is -4.20. The van der Waals surface area contributed by atoms with Crippen molar-refractivity contribution in [3.8, 4) is 0 Å². The van der Waals surface area contributed by atoms with E-state index in [0.717, 1.165) is 50.1 Å². The smallest absolute Gasteiger partial charge is 0.314 e. The van der Waals surface area contributed by atoms with E-state index in [0.29, 0.717) is 31.2 Å². The summed E-state index contributed by atoms with van der Waals surface area (Å²) in [5.74, 6) is -0.00962. The maximum Gasteiger partial charge on any atom is 0.395 e. The van der Waals surface area contributed by atoms with E-state index in [1.807, 2.05) is 25.1 Å². The average molecular weight is 522 g/mol. The Morgan fingerprint density at radius 3 is 2.62 bits per heavy atom. The first-order valence-electron chi connectivity index (χ1n) is 14.1. The lowest BCUT2D eigenvalue weighted by Gasteiger charge is -2.25. The number of allylic oxidation sites excluding steroid dienone is 4. The predicted octanol–water partition coefficient (Wildman–Crippen LogP) is 6.26. The number of hydrogen-bond donors (Lipinski definition) is 1. The lowest BCUT2D eigenvalue weighted by atomic mass is 9.87. The van der Waals surface area contributed by atoms with Crippen LogP contribution in [0.2, 0.25) is 0 Å². The summed E-state index contributed by atoms with van der Waals surface area (Å²) in [4.78, 5) is 16.8. The summed E-state index contributed by atoms with van der Waals surface area (Å²) in [5.41, 5.74) is 10.8. The number of rotatable bonds is 13. The standard InChI is InChI=1S/C29H46F3N5/c1-5-21(14-15-34-26-17-27(23-11-12-23)35-18-22(26)6-2)25(36-19-28(33)37(3)4)13-10-20-8-7-9-24(16-20)29(30,31)32/h7-9,21-24,28H,5-6,10-19,33H2,1-4H3. The van der Waals surface area contributed by atoms with Crippen molar-refractivity contribution in [2.45, 2.75) is 84.0 Å². The molecule has 5 nitrogen and oxygen atoms in total. The largest absolute Gasteiger partial charge is 0.395 e. The predicted molar refractivity (Wildman–Crippen MR) is 149 cm³/mol. The molecule has 208 valence electrons. The number of halogens is 3. The molecule has 0 aromatic heterocycles. The van der Waals surface area contributed by atoms with E-state index in [9.17, 15) is 13.2 Å². The molecule has 1 saturated carbocycles. The molecule has 0 spiro atoms. The van der Waals surface area contributed by atoms with Crippen molar-refractivity contribution in [2.24, 2.45) is 44.4 Å². The number of hydrogen-bond acceptors (Lipinski definition) is 5. The van der Waals surface area contributed by atoms with Crippen molar-refractivity contribution in [1.82, 2.24) is 4.90 Å². The quantitative estimate of drug-likeness (QED) is 0.230. The Labute approximate surface area is 221 Å². The fourth-order valence-corrected chi connectivity index (χ4v) is 5.16. The monoisotopic (exact) mass is 521 g/mol. The van der Waals surface area contributed by atoms with Crippen molar-refractivity contribution < 1.29 is 13.2 Å². The van der Waals surface area contributed by atoms with Crippen molar-refractivity contribution in [2.75, 3.05) is 33.7 Å². The second kappa shape index (κ2) is 13.8. The molecule has 1 fully saturated rings. The highest BCUT2D eigenvalue weighted by Gasteiger charge is 2.38. The van der Waals surface area contributed by atoms with Crippen molar-refractivity contribution >= 4 is 17.1 Å². The zero-order chi connectivity index (χ0) is 27.0. The molecular weight excluding hydrogens is 475 g/mol. The van der Waals surface area contributed by atoms with E-state index in [4.69, 9.17) is 20.7 Å². The Hall–Kier alpha value is -1.80. The summed E-state index contributed by atoms with van der Waals surface area (Å²) < 4.78 is 39.8. The molecule has 4 atom stereocenters. The molecule has 0 radical (unpaired) electrons. The second-order valence-electron chi connectivity index (χ2n) is 11.1. The van der Waals surface area contributed by atoms with Crippen LogP contribution in [-0.4, -0.2) is 68.1 Å². The molecule has 0 aromatic rings. The Kier molecular flexibility index (Phi) is 11.1. The Morgan fingerprint density at radius 1 is 1.24 bits per heavy atom. The van der Waals surface area contributed by atoms with Crippen LogP contribution in [0, 0.1) is 23.7 Å². The first-order valence-corrected chi connectivity index (χ1v) is 14.1. The van der Waals surface area contributed by atoms with Crippen LogP contribution in [0.1, 0.15) is 71.6 Å². The Morgan fingerprint density at radius 2 is 2.00 bits per heavy atom. The molecule has 0 aromatic carbocycles. The van der Waals surface area contributed by atoms with Crippen LogP contribution in [0.4, 0.5) is 13.2 Å². The van der Waals surface area contributed by atoms with Crippen LogP contribution < -0.4 is 5.73 Å². The van der Waals surface area contributed by atoms with E-state index >= 15 is 0 Å². The van der Waals surface area contributed by atoms with Gasteiger partial charge in [0.1, 0.15) is 0 Å². The van der Waals surface area contributed by atoms with Crippen LogP contribution in [0.15, 0.2) is 38.8 Å². The molecule has 1 heterocycles. The highest BCUT2D eigenvalue weighted by atomic mass is 19.4. The van der Waals surface area contributed by atoms with E-state index in [1.54, 1.807) is 6.08 Å². The number of alkyl halides is 3. The molecule has 1 aliphatic heterocycles. The summed E-state index contributed by atoms with van der Waals surface area (Å²) in [6.45, 7) is 6.48. The van der Waals surface area contributed by atoms with Gasteiger partial charge in [-0.2, -0.15) is 13.2 Å². The summed E-state index contributed by atoms with van der Waals surface area (Å²) in [6, 6.07) is 0. The number of nitrogens with two attached hydrogens (primary N) is 1. The number of nitrogens with zero attached hydrogens (tertiary/aromatic N) is 4. The van der Waals surface area contributed by atoms with Gasteiger partial charge in [0.15, 0.2) is 0 Å². The molecule has 2 aliphatic carbocycles. The average Bonchev–Trinajstić information content (AvgIpc) is 3.72. The SMILES string of the molecule is CCC(CCN=C1CC(C2CC2)=NCC1CC)C(CCC1=CC=CC(C(F)(F)F)C1)=NCC(N)N(C)C. The molecule has 2 N–H and O–H groups in total. The lowest BCUT2D eigenvalue weighted by Crippen LogP contribution is -2.39. The fraction of sp³-hybridized carbons (Fsp3) is 0.759. The third-order valence-electron chi connectivity index (χ3n) is 8.07. The van der Waals surface area contributed by atoms with Crippen LogP contribution in [0.5, 0.6) is 0 Å². The summed E-state index contributed by atoms with van der Waals surface area (Å²) >= 11 is 0. The number of likely N-dealkylation sites (N-methyl/N-ethyl adjacent to an activating group) is 1. The number of aliphatic imine (C=N–C) groups is 3. The van der Waals surface area contributed by atoms with Gasteiger partial charge < -0.3 is 5.73 Å². The molecular formula is C29H46F3N5. The topological polar surface area (TPSA) is 66.3 Å². The second-order valence-corrected chi connectivity index (χ2v) is 11.1. The Bertz CT molecular complexity index is 896. The molecule has 0 saturated heterocycles. The summed E-state index contributed by atoms with van der Waals surface area (Å²) in [7, 11) is 3.86. The molecule has 0 bridgehead atoms. The van der Waals surface area contributed by atoms with E-state index in [1.165, 1.54) is 30.3 Å². The highest BCUT2D eigenvalue weighted by Crippen LogP contribution is 2.36. The first-order chi connectivity index (χ1) is 17.6. The van der Waals surface area contributed by atoms with Crippen molar-refractivity contribution in [3.63, 3.8) is 0 Å². The maximum atomic E-state index is 13.3. The van der Waals surface area contributed by atoms with E-state index < -0.39 is 12.1 Å². The van der Waals surface area contributed by atoms with Gasteiger partial charge in [-0.15, -0.1) is 0 Å². The third kappa shape index (κ3) is 9.17. The molecule has 3 rings (SSSR count). The first kappa shape index (κ1) is 29.8. The summed E-state index contributed by atoms with van der Waals surface area (Å²) in [6.07, 6.45) is 7.92. The minimum Gasteiger partial charge on any atom is -0.314 e. The van der Waals surface area contributed by atoms with Gasteiger partial charge >= 0.3 is 6.18 Å². The highest BCUT2D eigenvalue weighted by molar-refractivity contribution is 6.08. The van der Waals surface area contributed by atoms with Gasteiger partial charge in [-0.1, -0.05) is 37.6 Å². The normalized spacial score (nSPS) is 25.9. The van der Waals surface area contributed by atoms with Gasteiger partial charge in [-0.25, -0.2) is 0 Å². The zero-order valence-corrected chi connectivity index (χ0v) is 23.1. The molecule has 8 heteroatoms. The van der Waals surface area contributed by atoms with E-state index in [-0.39, 0.29) is 18.5 Å². The van der Waals surface area contributed by atoms with Gasteiger partial charge in [-0.05, 0) is 77.3 Å². The van der Waals surface area contributed by atoms with Crippen LogP contribution in [-0.2, 0) is 0 Å². The maximum absolute atomic E-state index is 13.3. The third-order valence-corrected chi connectivity index (χ3v) is 8.07. The molecule has 4 unspecified atom stereocenters. The fourth-order valence-electron chi connectivity index (χ4n) is 5.16. The van der Waals surface area contributed by atoms with Crippen LogP contribution in [0.25, 0.3) is 0 Å². The molecule has 0 amide bonds. The summed E-state index contributed by atoms with van der Waals surface area (Å²) in [5, 5.41) is 0. The van der Waals surface area contributed by atoms with Gasteiger partial charge in [0.05, 0.1) is 18.6 Å². The molecule has 37 heavy (non-hydrogen) atoms. The van der Waals surface area contributed by atoms with Crippen LogP contribution in [0.3, 0.4) is 0 Å². The van der Waals surface area contributed by atoms with Crippen molar-refractivity contribution in [3.05, 3.63) is 23.8 Å². The van der Waals surface area contributed by atoms with Gasteiger partial charge in [-0.3, -0.25) is 19.9 Å². The van der Waals surface area contributed by atoms with Gasteiger partial charge in [0, 0.05) is 42.6 Å². The Balaban J connectivity index is 1.65. The van der Waals surface area contributed by atoms with Gasteiger partial charge in [0.2, 0.25) is 0 Å². The van der Waals surface area contributed by atoms with Gasteiger partial charge in [0.25, 0.3) is 0 Å². The van der Waals surface area contributed by atoms with Crippen molar-refractivity contribution in [1.29, 1.82) is 0 Å². The molecule has 3 aliphatic rings. The van der Waals surface area contributed by atoms with E-state index in [2.05, 4.69) is 13.8 Å². The minimum absolute atomic E-state index is 0.0399. The zero-order valence-electron chi connectivity index (χ0n) is 23.1.